The lowest BCUT2D eigenvalue weighted by Gasteiger charge is -2.67. The van der Waals surface area contributed by atoms with Gasteiger partial charge in [0.05, 0.1) is 24.1 Å². The second-order valence-corrected chi connectivity index (χ2v) is 9.22. The van der Waals surface area contributed by atoms with E-state index >= 15 is 0 Å². The Hall–Kier alpha value is -1.94. The monoisotopic (exact) mass is 366 g/mol. The Bertz CT molecular complexity index is 935. The summed E-state index contributed by atoms with van der Waals surface area (Å²) in [5, 5.41) is 35.5. The molecule has 140 valence electrons. The number of carbonyl (C=O) groups is 1. The minimum atomic E-state index is -1.24. The molecule has 3 aliphatic carbocycles. The van der Waals surface area contributed by atoms with E-state index in [1.807, 2.05) is 6.07 Å². The largest absolute Gasteiger partial charge is 0.632 e. The van der Waals surface area contributed by atoms with E-state index in [-0.39, 0.29) is 16.9 Å². The molecule has 0 radical (unpaired) electrons. The maximum absolute atomic E-state index is 13.9. The molecule has 6 heteroatoms. The van der Waals surface area contributed by atoms with Gasteiger partial charge >= 0.3 is 0 Å². The SMILES string of the molecule is N#Cc1ccc2c3c1O[C@H]1C(=O)CCC4(O)[C@@H](C2)[N@@+]([O-])(CC2CC2)CC[C@]314. The van der Waals surface area contributed by atoms with Crippen LogP contribution in [0.4, 0.5) is 0 Å². The van der Waals surface area contributed by atoms with Gasteiger partial charge < -0.3 is 19.7 Å². The molecule has 5 atom stereocenters. The molecule has 0 amide bonds. The highest BCUT2D eigenvalue weighted by Crippen LogP contribution is 2.65. The zero-order valence-corrected chi connectivity index (χ0v) is 15.1. The number of nitrogens with zero attached hydrogens (tertiary/aromatic N) is 2. The fourth-order valence-electron chi connectivity index (χ4n) is 6.64. The first kappa shape index (κ1) is 16.1. The molecule has 6 rings (SSSR count). The predicted molar refractivity (Wildman–Crippen MR) is 94.6 cm³/mol. The van der Waals surface area contributed by atoms with E-state index in [0.29, 0.717) is 49.6 Å². The second-order valence-electron chi connectivity index (χ2n) is 9.22. The van der Waals surface area contributed by atoms with Gasteiger partial charge in [-0.15, -0.1) is 0 Å². The maximum Gasteiger partial charge on any atom is 0.174 e. The van der Waals surface area contributed by atoms with Gasteiger partial charge in [-0.2, -0.15) is 5.26 Å². The van der Waals surface area contributed by atoms with E-state index < -0.39 is 23.2 Å². The summed E-state index contributed by atoms with van der Waals surface area (Å²) in [6, 6.07) is 5.34. The second kappa shape index (κ2) is 4.72. The van der Waals surface area contributed by atoms with Crippen LogP contribution in [0.5, 0.6) is 5.75 Å². The molecular formula is C21H22N2O4. The zero-order valence-electron chi connectivity index (χ0n) is 15.1. The van der Waals surface area contributed by atoms with Crippen LogP contribution in [-0.4, -0.2) is 46.4 Å². The summed E-state index contributed by atoms with van der Waals surface area (Å²) >= 11 is 0. The van der Waals surface area contributed by atoms with Gasteiger partial charge in [0.2, 0.25) is 0 Å². The van der Waals surface area contributed by atoms with Crippen LogP contribution in [-0.2, 0) is 16.6 Å². The summed E-state index contributed by atoms with van der Waals surface area (Å²) in [6.07, 6.45) is 2.93. The van der Waals surface area contributed by atoms with Gasteiger partial charge in [-0.3, -0.25) is 4.79 Å². The highest BCUT2D eigenvalue weighted by atomic mass is 16.6. The minimum Gasteiger partial charge on any atom is -0.632 e. The number of ketones is 1. The van der Waals surface area contributed by atoms with Crippen LogP contribution in [0.3, 0.4) is 0 Å². The smallest absolute Gasteiger partial charge is 0.174 e. The van der Waals surface area contributed by atoms with E-state index in [4.69, 9.17) is 4.74 Å². The van der Waals surface area contributed by atoms with Gasteiger partial charge in [0.15, 0.2) is 11.9 Å². The van der Waals surface area contributed by atoms with E-state index in [9.17, 15) is 20.4 Å². The summed E-state index contributed by atoms with van der Waals surface area (Å²) in [7, 11) is 0. The van der Waals surface area contributed by atoms with Crippen LogP contribution in [0.1, 0.15) is 48.8 Å². The molecule has 2 saturated carbocycles. The van der Waals surface area contributed by atoms with Crippen LogP contribution < -0.4 is 4.74 Å². The van der Waals surface area contributed by atoms with Crippen LogP contribution >= 0.6 is 0 Å². The highest BCUT2D eigenvalue weighted by Gasteiger charge is 2.76. The number of carbonyl (C=O) groups excluding carboxylic acids is 1. The summed E-state index contributed by atoms with van der Waals surface area (Å²) in [5.41, 5.74) is 0.129. The van der Waals surface area contributed by atoms with E-state index in [0.717, 1.165) is 24.0 Å². The van der Waals surface area contributed by atoms with Crippen molar-refractivity contribution >= 4 is 5.78 Å². The molecule has 2 heterocycles. The fraction of sp³-hybridized carbons (Fsp3) is 0.619. The van der Waals surface area contributed by atoms with Crippen molar-refractivity contribution in [2.75, 3.05) is 13.1 Å². The lowest BCUT2D eigenvalue weighted by molar-refractivity contribution is -0.923. The first-order chi connectivity index (χ1) is 12.9. The van der Waals surface area contributed by atoms with Crippen molar-refractivity contribution in [2.45, 2.75) is 61.7 Å². The Morgan fingerprint density at radius 2 is 2.19 bits per heavy atom. The van der Waals surface area contributed by atoms with Crippen LogP contribution in [0.25, 0.3) is 0 Å². The number of rotatable bonds is 2. The molecule has 6 nitrogen and oxygen atoms in total. The topological polar surface area (TPSA) is 93.4 Å². The molecule has 1 aromatic carbocycles. The molecule has 1 aromatic rings. The number of ether oxygens (including phenoxy) is 1. The number of nitriles is 1. The standard InChI is InChI=1S/C21H22N2O4/c22-10-14-4-3-13-9-16-21(25)6-5-15(24)19-20(21,17(13)18(14)27-19)7-8-23(16,26)11-12-1-2-12/h3-4,12,16,19,25H,1-2,5-9,11H2/t16-,19+,20+,21?,23+/m1/s1. The van der Waals surface area contributed by atoms with Gasteiger partial charge in [-0.1, -0.05) is 6.07 Å². The summed E-state index contributed by atoms with van der Waals surface area (Å²) in [6.45, 7) is 0.979. The number of quaternary nitrogens is 1. The average molecular weight is 366 g/mol. The van der Waals surface area contributed by atoms with Gasteiger partial charge in [0.25, 0.3) is 0 Å². The zero-order chi connectivity index (χ0) is 18.6. The predicted octanol–water partition coefficient (Wildman–Crippen LogP) is 1.70. The van der Waals surface area contributed by atoms with E-state index in [2.05, 4.69) is 6.07 Å². The summed E-state index contributed by atoms with van der Waals surface area (Å²) in [4.78, 5) is 12.8. The Kier molecular flexibility index (Phi) is 2.81. The third kappa shape index (κ3) is 1.70. The Labute approximate surface area is 157 Å². The van der Waals surface area contributed by atoms with Crippen molar-refractivity contribution in [1.29, 1.82) is 5.26 Å². The lowest BCUT2D eigenvalue weighted by atomic mass is 9.48. The van der Waals surface area contributed by atoms with Crippen LogP contribution in [0, 0.1) is 22.5 Å². The van der Waals surface area contributed by atoms with Gasteiger partial charge in [0.1, 0.15) is 23.5 Å². The van der Waals surface area contributed by atoms with Crippen molar-refractivity contribution in [3.8, 4) is 11.8 Å². The Morgan fingerprint density at radius 3 is 2.93 bits per heavy atom. The number of hydrogen-bond acceptors (Lipinski definition) is 5. The Balaban J connectivity index is 1.61. The number of piperidine rings is 1. The number of Topliss-reactive ketones (excluding diaryl/α,β-unsaturated/α-hetero) is 1. The molecule has 1 N–H and O–H groups in total. The summed E-state index contributed by atoms with van der Waals surface area (Å²) in [5.74, 6) is 0.929. The fourth-order valence-corrected chi connectivity index (χ4v) is 6.64. The van der Waals surface area contributed by atoms with Gasteiger partial charge in [-0.25, -0.2) is 0 Å². The molecule has 2 bridgehead atoms. The van der Waals surface area contributed by atoms with E-state index in [1.54, 1.807) is 6.07 Å². The molecule has 1 spiro atoms. The molecular weight excluding hydrogens is 344 g/mol. The summed E-state index contributed by atoms with van der Waals surface area (Å²) < 4.78 is 5.75. The molecule has 5 aliphatic rings. The van der Waals surface area contributed by atoms with Gasteiger partial charge in [-0.05, 0) is 30.9 Å². The normalized spacial score (nSPS) is 43.7. The van der Waals surface area contributed by atoms with Crippen molar-refractivity contribution in [1.82, 2.24) is 0 Å². The number of benzene rings is 1. The molecule has 1 unspecified atom stereocenters. The number of hydroxylamine groups is 3. The van der Waals surface area contributed by atoms with E-state index in [1.165, 1.54) is 0 Å². The third-order valence-electron chi connectivity index (χ3n) is 7.99. The molecule has 0 aromatic heterocycles. The molecule has 2 aliphatic heterocycles. The number of likely N-dealkylation sites (tertiary alicyclic amines) is 1. The number of aliphatic hydroxyl groups is 1. The number of hydrogen-bond donors (Lipinski definition) is 1. The average Bonchev–Trinajstić information content (AvgIpc) is 3.37. The van der Waals surface area contributed by atoms with Crippen LogP contribution in [0.2, 0.25) is 0 Å². The maximum atomic E-state index is 13.9. The molecule has 3 fully saturated rings. The first-order valence-electron chi connectivity index (χ1n) is 9.99. The third-order valence-corrected chi connectivity index (χ3v) is 7.99. The van der Waals surface area contributed by atoms with Gasteiger partial charge in [0, 0.05) is 30.7 Å². The molecule has 27 heavy (non-hydrogen) atoms. The minimum absolute atomic E-state index is 0.0144. The highest BCUT2D eigenvalue weighted by molar-refractivity contribution is 5.90. The van der Waals surface area contributed by atoms with Crippen molar-refractivity contribution in [3.63, 3.8) is 0 Å². The van der Waals surface area contributed by atoms with Crippen molar-refractivity contribution in [3.05, 3.63) is 34.0 Å². The Morgan fingerprint density at radius 1 is 1.37 bits per heavy atom. The van der Waals surface area contributed by atoms with Crippen LogP contribution in [0.15, 0.2) is 12.1 Å². The molecule has 1 saturated heterocycles. The van der Waals surface area contributed by atoms with Crippen molar-refractivity contribution in [2.24, 2.45) is 5.92 Å². The first-order valence-corrected chi connectivity index (χ1v) is 9.99. The lowest BCUT2D eigenvalue weighted by Crippen LogP contribution is -2.80. The quantitative estimate of drug-likeness (QED) is 0.635. The van der Waals surface area contributed by atoms with Crippen molar-refractivity contribution < 1.29 is 19.3 Å².